The fourth-order valence-corrected chi connectivity index (χ4v) is 3.54. The summed E-state index contributed by atoms with van der Waals surface area (Å²) in [4.78, 5) is 24.9. The molecule has 1 unspecified atom stereocenters. The van der Waals surface area contributed by atoms with Crippen LogP contribution in [0.3, 0.4) is 0 Å². The van der Waals surface area contributed by atoms with E-state index in [4.69, 9.17) is 9.47 Å². The van der Waals surface area contributed by atoms with Crippen molar-refractivity contribution >= 4 is 11.9 Å². The second-order valence-electron chi connectivity index (χ2n) is 8.18. The first-order chi connectivity index (χ1) is 16.3. The molecule has 3 aromatic rings. The summed E-state index contributed by atoms with van der Waals surface area (Å²) in [6, 6.07) is 20.2. The second kappa shape index (κ2) is 10.9. The van der Waals surface area contributed by atoms with Gasteiger partial charge in [-0.15, -0.1) is 0 Å². The minimum Gasteiger partial charge on any atom is -0.489 e. The van der Waals surface area contributed by atoms with E-state index in [2.05, 4.69) is 36.5 Å². The highest BCUT2D eigenvalue weighted by molar-refractivity contribution is 5.97. The Kier molecular flexibility index (Phi) is 7.95. The van der Waals surface area contributed by atoms with Crippen molar-refractivity contribution in [2.45, 2.75) is 52.9 Å². The van der Waals surface area contributed by atoms with Gasteiger partial charge in [0.05, 0.1) is 0 Å². The average Bonchev–Trinajstić information content (AvgIpc) is 2.86. The molecule has 0 spiro atoms. The minimum absolute atomic E-state index is 0.0331. The van der Waals surface area contributed by atoms with Gasteiger partial charge in [0.1, 0.15) is 18.1 Å². The fourth-order valence-electron chi connectivity index (χ4n) is 3.54. The third-order valence-electron chi connectivity index (χ3n) is 5.99. The molecule has 0 radical (unpaired) electrons. The monoisotopic (exact) mass is 461 g/mol. The highest BCUT2D eigenvalue weighted by Gasteiger charge is 2.42. The number of ether oxygens (including phenoxy) is 2. The number of hydrogen-bond acceptors (Lipinski definition) is 4. The molecule has 6 nitrogen and oxygen atoms in total. The lowest BCUT2D eigenvalue weighted by Crippen LogP contribution is -2.58. The molecule has 0 aliphatic heterocycles. The van der Waals surface area contributed by atoms with Crippen LogP contribution in [0, 0.1) is 13.8 Å². The third kappa shape index (κ3) is 5.57. The quantitative estimate of drug-likeness (QED) is 0.393. The van der Waals surface area contributed by atoms with Crippen molar-refractivity contribution in [1.29, 1.82) is 0 Å². The Morgan fingerprint density at radius 1 is 0.853 bits per heavy atom. The zero-order chi connectivity index (χ0) is 24.7. The smallest absolute Gasteiger partial charge is 0.370 e. The number of amides is 1. The first-order valence-corrected chi connectivity index (χ1v) is 11.4. The zero-order valence-electron chi connectivity index (χ0n) is 20.1. The molecule has 0 saturated heterocycles. The Morgan fingerprint density at radius 2 is 1.44 bits per heavy atom. The first-order valence-electron chi connectivity index (χ1n) is 11.4. The molecule has 0 heterocycles. The standard InChI is InChI=1S/C28H31NO5/c1-5-21-12-14-22(15-13-21)18-33-24-16-17-25(20(4)19(24)3)34-28(6-2,27(31)32)29-26(30)23-10-8-7-9-11-23/h7-17H,5-6,18H2,1-4H3,(H,29,30)(H,31,32). The maximum atomic E-state index is 12.7. The minimum atomic E-state index is -1.91. The summed E-state index contributed by atoms with van der Waals surface area (Å²) in [5.74, 6) is -0.731. The molecule has 178 valence electrons. The van der Waals surface area contributed by atoms with Gasteiger partial charge in [-0.25, -0.2) is 4.79 Å². The molecule has 0 aliphatic carbocycles. The van der Waals surface area contributed by atoms with Crippen molar-refractivity contribution in [2.24, 2.45) is 0 Å². The summed E-state index contributed by atoms with van der Waals surface area (Å²) in [5.41, 5.74) is 2.37. The van der Waals surface area contributed by atoms with E-state index in [1.807, 2.05) is 13.8 Å². The molecule has 6 heteroatoms. The van der Waals surface area contributed by atoms with Gasteiger partial charge >= 0.3 is 5.97 Å². The van der Waals surface area contributed by atoms with Crippen LogP contribution >= 0.6 is 0 Å². The first kappa shape index (κ1) is 24.8. The van der Waals surface area contributed by atoms with E-state index >= 15 is 0 Å². The number of benzene rings is 3. The number of nitrogens with one attached hydrogen (secondary N) is 1. The van der Waals surface area contributed by atoms with Gasteiger partial charge in [0.15, 0.2) is 0 Å². The van der Waals surface area contributed by atoms with Crippen molar-refractivity contribution in [3.05, 3.63) is 94.5 Å². The van der Waals surface area contributed by atoms with E-state index in [0.29, 0.717) is 23.7 Å². The molecule has 0 bridgehead atoms. The summed E-state index contributed by atoms with van der Waals surface area (Å²) in [5, 5.41) is 12.5. The van der Waals surface area contributed by atoms with Crippen LogP contribution in [0.5, 0.6) is 11.5 Å². The van der Waals surface area contributed by atoms with Crippen molar-refractivity contribution in [3.63, 3.8) is 0 Å². The van der Waals surface area contributed by atoms with Gasteiger partial charge < -0.3 is 19.9 Å². The van der Waals surface area contributed by atoms with Gasteiger partial charge in [0, 0.05) is 12.0 Å². The van der Waals surface area contributed by atoms with Gasteiger partial charge in [0.2, 0.25) is 0 Å². The van der Waals surface area contributed by atoms with Crippen molar-refractivity contribution in [3.8, 4) is 11.5 Å². The number of rotatable bonds is 10. The molecule has 0 saturated carbocycles. The number of carboxylic acids is 1. The van der Waals surface area contributed by atoms with E-state index < -0.39 is 17.6 Å². The third-order valence-corrected chi connectivity index (χ3v) is 5.99. The van der Waals surface area contributed by atoms with E-state index in [1.54, 1.807) is 49.4 Å². The molecule has 0 aliphatic rings. The molecular formula is C28H31NO5. The van der Waals surface area contributed by atoms with Crippen molar-refractivity contribution in [1.82, 2.24) is 5.32 Å². The van der Waals surface area contributed by atoms with Gasteiger partial charge in [0.25, 0.3) is 11.6 Å². The van der Waals surface area contributed by atoms with E-state index in [0.717, 1.165) is 23.1 Å². The van der Waals surface area contributed by atoms with Gasteiger partial charge in [-0.05, 0) is 66.8 Å². The molecular weight excluding hydrogens is 430 g/mol. The lowest BCUT2D eigenvalue weighted by atomic mass is 10.1. The Labute approximate surface area is 200 Å². The Morgan fingerprint density at radius 3 is 2.03 bits per heavy atom. The van der Waals surface area contributed by atoms with Crippen LogP contribution in [-0.4, -0.2) is 22.7 Å². The topological polar surface area (TPSA) is 84.9 Å². The highest BCUT2D eigenvalue weighted by atomic mass is 16.5. The number of carboxylic acid groups (broad SMARTS) is 1. The fraction of sp³-hybridized carbons (Fsp3) is 0.286. The summed E-state index contributed by atoms with van der Waals surface area (Å²) in [6.45, 7) is 7.93. The van der Waals surface area contributed by atoms with Crippen LogP contribution < -0.4 is 14.8 Å². The predicted molar refractivity (Wildman–Crippen MR) is 131 cm³/mol. The van der Waals surface area contributed by atoms with Crippen LogP contribution in [-0.2, 0) is 17.8 Å². The van der Waals surface area contributed by atoms with Gasteiger partial charge in [-0.1, -0.05) is 56.3 Å². The molecule has 34 heavy (non-hydrogen) atoms. The van der Waals surface area contributed by atoms with Gasteiger partial charge in [-0.3, -0.25) is 4.79 Å². The number of carbonyl (C=O) groups excluding carboxylic acids is 1. The lowest BCUT2D eigenvalue weighted by molar-refractivity contribution is -0.158. The maximum absolute atomic E-state index is 12.7. The summed E-state index contributed by atoms with van der Waals surface area (Å²) in [7, 11) is 0. The molecule has 0 aromatic heterocycles. The Balaban J connectivity index is 1.79. The summed E-state index contributed by atoms with van der Waals surface area (Å²) >= 11 is 0. The van der Waals surface area contributed by atoms with Gasteiger partial charge in [-0.2, -0.15) is 0 Å². The molecule has 0 fully saturated rings. The van der Waals surface area contributed by atoms with E-state index in [1.165, 1.54) is 5.56 Å². The number of aliphatic carboxylic acids is 1. The van der Waals surface area contributed by atoms with Crippen LogP contribution in [0.4, 0.5) is 0 Å². The lowest BCUT2D eigenvalue weighted by Gasteiger charge is -2.31. The van der Waals surface area contributed by atoms with Crippen LogP contribution in [0.2, 0.25) is 0 Å². The maximum Gasteiger partial charge on any atom is 0.370 e. The van der Waals surface area contributed by atoms with E-state index in [9.17, 15) is 14.7 Å². The molecule has 3 aromatic carbocycles. The largest absolute Gasteiger partial charge is 0.489 e. The Bertz CT molecular complexity index is 1140. The second-order valence-corrected chi connectivity index (χ2v) is 8.18. The average molecular weight is 462 g/mol. The normalized spacial score (nSPS) is 12.5. The zero-order valence-corrected chi connectivity index (χ0v) is 20.1. The SMILES string of the molecule is CCc1ccc(COc2ccc(OC(CC)(NC(=O)c3ccccc3)C(=O)O)c(C)c2C)cc1. The van der Waals surface area contributed by atoms with Crippen molar-refractivity contribution < 1.29 is 24.2 Å². The van der Waals surface area contributed by atoms with Crippen LogP contribution in [0.15, 0.2) is 66.7 Å². The molecule has 2 N–H and O–H groups in total. The number of aryl methyl sites for hydroxylation is 1. The Hall–Kier alpha value is -3.80. The predicted octanol–water partition coefficient (Wildman–Crippen LogP) is 5.44. The molecule has 1 amide bonds. The number of carbonyl (C=O) groups is 2. The summed E-state index contributed by atoms with van der Waals surface area (Å²) < 4.78 is 12.0. The van der Waals surface area contributed by atoms with Crippen molar-refractivity contribution in [2.75, 3.05) is 0 Å². The highest BCUT2D eigenvalue weighted by Crippen LogP contribution is 2.32. The van der Waals surface area contributed by atoms with Crippen LogP contribution in [0.25, 0.3) is 0 Å². The van der Waals surface area contributed by atoms with E-state index in [-0.39, 0.29) is 6.42 Å². The van der Waals surface area contributed by atoms with Crippen LogP contribution in [0.1, 0.15) is 52.9 Å². The molecule has 1 atom stereocenters. The molecule has 3 rings (SSSR count). The number of hydrogen-bond donors (Lipinski definition) is 2. The summed E-state index contributed by atoms with van der Waals surface area (Å²) in [6.07, 6.45) is 1.02.